The average Bonchev–Trinajstić information content (AvgIpc) is 4.00. The molecule has 0 bridgehead atoms. The molecule has 4 aromatic heterocycles. The van der Waals surface area contributed by atoms with E-state index in [0.29, 0.717) is 5.69 Å². The van der Waals surface area contributed by atoms with Crippen LogP contribution in [0.3, 0.4) is 0 Å². The molecule has 0 spiro atoms. The molecule has 0 fully saturated rings. The van der Waals surface area contributed by atoms with Gasteiger partial charge < -0.3 is 13.5 Å². The molecule has 0 aliphatic rings. The van der Waals surface area contributed by atoms with Crippen LogP contribution in [0.1, 0.15) is 31.6 Å². The highest BCUT2D eigenvalue weighted by Crippen LogP contribution is 2.44. The lowest BCUT2D eigenvalue weighted by Crippen LogP contribution is -1.96. The molecule has 52 heavy (non-hydrogen) atoms. The van der Waals surface area contributed by atoms with Gasteiger partial charge in [0.05, 0.1) is 64.7 Å². The Bertz CT molecular complexity index is 4500. The van der Waals surface area contributed by atoms with Gasteiger partial charge in [0.25, 0.3) is 0 Å². The summed E-state index contributed by atoms with van der Waals surface area (Å²) in [5.41, 5.74) is -0.0124. The van der Waals surface area contributed by atoms with Crippen molar-refractivity contribution >= 4 is 81.7 Å². The minimum absolute atomic E-state index is 0.0117. The molecule has 242 valence electrons. The molecule has 0 atom stereocenters. The van der Waals surface area contributed by atoms with Crippen molar-refractivity contribution < 1.29 is 26.0 Å². The van der Waals surface area contributed by atoms with Crippen molar-refractivity contribution in [3.05, 3.63) is 175 Å². The van der Waals surface area contributed by atoms with Gasteiger partial charge in [-0.1, -0.05) is 108 Å². The Balaban J connectivity index is 1.36. The molecule has 0 aliphatic heterocycles. The number of benzene rings is 8. The largest absolute Gasteiger partial charge is 0.309 e. The van der Waals surface area contributed by atoms with E-state index >= 15 is 0 Å². The van der Waals surface area contributed by atoms with Crippen LogP contribution in [0.25, 0.3) is 104 Å². The fourth-order valence-corrected chi connectivity index (χ4v) is 7.76. The maximum absolute atomic E-state index is 10.2. The Morgan fingerprint density at radius 3 is 1.85 bits per heavy atom. The van der Waals surface area contributed by atoms with Crippen LogP contribution in [-0.4, -0.2) is 13.5 Å². The van der Waals surface area contributed by atoms with Crippen LogP contribution in [0.2, 0.25) is 0 Å². The predicted octanol–water partition coefficient (Wildman–Crippen LogP) is 13.0. The first kappa shape index (κ1) is 15.6. The number of hydrogen-bond donors (Lipinski definition) is 0. The van der Waals surface area contributed by atoms with Crippen LogP contribution >= 0.6 is 0 Å². The second kappa shape index (κ2) is 10.1. The van der Waals surface area contributed by atoms with Crippen molar-refractivity contribution in [1.82, 2.24) is 13.5 Å². The van der Waals surface area contributed by atoms with Gasteiger partial charge in [-0.3, -0.25) is 0 Å². The van der Waals surface area contributed by atoms with E-state index in [2.05, 4.69) is 0 Å². The van der Waals surface area contributed by atoms with E-state index in [4.69, 9.17) is 8.22 Å². The molecule has 4 heterocycles. The Kier molecular flexibility index (Phi) is 3.03. The summed E-state index contributed by atoms with van der Waals surface area (Å²) in [7, 11) is 0. The van der Waals surface area contributed by atoms with Crippen molar-refractivity contribution in [3.63, 3.8) is 0 Å². The van der Waals surface area contributed by atoms with E-state index in [1.165, 1.54) is 11.5 Å². The van der Waals surface area contributed by atoms with Gasteiger partial charge in [-0.2, -0.15) is 0 Å². The number of hydrogen-bond acceptors (Lipinski definition) is 0. The summed E-state index contributed by atoms with van der Waals surface area (Å²) in [6.45, 7) is 1.48. The molecule has 0 saturated heterocycles. The molecule has 12 aromatic rings. The van der Waals surface area contributed by atoms with Gasteiger partial charge in [-0.15, -0.1) is 0 Å². The minimum atomic E-state index is -0.776. The summed E-state index contributed by atoms with van der Waals surface area (Å²) in [6.07, 6.45) is 0. The second-order valence-electron chi connectivity index (χ2n) is 12.7. The monoisotopic (exact) mass is 680 g/mol. The number of fused-ring (bicyclic) bond motifs is 8. The zero-order valence-corrected chi connectivity index (χ0v) is 27.0. The first-order chi connectivity index (χ1) is 33.7. The van der Waals surface area contributed by atoms with E-state index in [1.54, 1.807) is 12.1 Å². The molecule has 3 nitrogen and oxygen atoms in total. The molecule has 0 N–H and O–H groups in total. The normalized spacial score (nSPS) is 17.4. The third-order valence-electron chi connectivity index (χ3n) is 9.93. The number of para-hydroxylation sites is 2. The molecule has 0 amide bonds. The van der Waals surface area contributed by atoms with Gasteiger partial charge in [-0.25, -0.2) is 0 Å². The van der Waals surface area contributed by atoms with E-state index < -0.39 is 102 Å². The zero-order chi connectivity index (χ0) is 50.6. The molecule has 0 radical (unpaired) electrons. The number of rotatable bonds is 3. The van der Waals surface area contributed by atoms with Crippen LogP contribution in [0.5, 0.6) is 0 Å². The van der Waals surface area contributed by atoms with Crippen LogP contribution in [0.4, 0.5) is 0 Å². The lowest BCUT2D eigenvalue weighted by Gasteiger charge is -2.11. The smallest absolute Gasteiger partial charge is 0.0652 e. The van der Waals surface area contributed by atoms with Gasteiger partial charge in [0.15, 0.2) is 0 Å². The molecule has 8 aromatic carbocycles. The molecule has 3 heteroatoms. The average molecular weight is 681 g/mol. The quantitative estimate of drug-likeness (QED) is 0.176. The summed E-state index contributed by atoms with van der Waals surface area (Å²) in [4.78, 5) is 0. The Morgan fingerprint density at radius 1 is 0.404 bits per heavy atom. The van der Waals surface area contributed by atoms with Gasteiger partial charge in [0, 0.05) is 49.1 Å². The third-order valence-corrected chi connectivity index (χ3v) is 9.93. The van der Waals surface area contributed by atoms with Crippen LogP contribution in [0, 0.1) is 6.92 Å². The Labute approximate surface area is 325 Å². The maximum Gasteiger partial charge on any atom is 0.0652 e. The van der Waals surface area contributed by atoms with Crippen LogP contribution < -0.4 is 0 Å². The highest BCUT2D eigenvalue weighted by atomic mass is 15.0. The SMILES string of the molecule is [2H]c1c([2H])c([2H])c2c(c1[2H])c1c([2H])c([2H])c([2H])c3c4c([2H])c([2H])c([2H])c5c4c4c(c([2H])c([2H])c([2H])c4n2c31)n5-c1c([2H])c([2H])c2c(c1[2H])c1c([2H])c(C)c([2H])c([2H])c1n2-c1ccc(-c2ccccc2)cc1. The lowest BCUT2D eigenvalue weighted by atomic mass is 10.0. The van der Waals surface area contributed by atoms with Crippen molar-refractivity contribution in [2.24, 2.45) is 0 Å². The summed E-state index contributed by atoms with van der Waals surface area (Å²) < 4.78 is 181. The highest BCUT2D eigenvalue weighted by molar-refractivity contribution is 6.31. The summed E-state index contributed by atoms with van der Waals surface area (Å²) in [5, 5.41) is -1.68. The van der Waals surface area contributed by atoms with Gasteiger partial charge in [0.1, 0.15) is 0 Å². The van der Waals surface area contributed by atoms with E-state index in [9.17, 15) is 17.8 Å². The van der Waals surface area contributed by atoms with E-state index in [0.717, 1.165) is 20.1 Å². The first-order valence-electron chi connectivity index (χ1n) is 26.0. The second-order valence-corrected chi connectivity index (χ2v) is 12.7. The zero-order valence-electron chi connectivity index (χ0n) is 46.0. The van der Waals surface area contributed by atoms with Gasteiger partial charge in [-0.05, 0) is 90.0 Å². The molecular formula is C49H31N3. The minimum Gasteiger partial charge on any atom is -0.309 e. The summed E-state index contributed by atoms with van der Waals surface area (Å²) >= 11 is 0. The van der Waals surface area contributed by atoms with E-state index in [-0.39, 0.29) is 105 Å². The number of nitrogens with zero attached hydrogens (tertiary/aromatic N) is 3. The fraction of sp³-hybridized carbons (Fsp3) is 0.0204. The van der Waals surface area contributed by atoms with Crippen molar-refractivity contribution in [1.29, 1.82) is 0 Å². The topological polar surface area (TPSA) is 14.3 Å². The Hall–Kier alpha value is -6.84. The highest BCUT2D eigenvalue weighted by Gasteiger charge is 2.22. The molecule has 12 rings (SSSR count). The standard InChI is InChI=1S/C49H31N3/c1-30-20-26-42-39(28-30)40-29-34(25-27-43(40)50(42)33-23-21-32(22-24-33)31-10-3-2-4-11-31)51-44-17-8-13-36-38-15-7-14-37-35-12-5-6-16-41(35)52(49(37)38)46-19-9-18-45(51)48(46)47(36)44/h2-29H,1H3/i5D,6D,7D,8D,9D,12D,13D,14D,15D,16D,17D,18D,19D,20D,25D,26D,27D,28D,29D. The molecular weight excluding hydrogens is 631 g/mol. The van der Waals surface area contributed by atoms with Gasteiger partial charge >= 0.3 is 0 Å². The number of aromatic nitrogens is 3. The van der Waals surface area contributed by atoms with Crippen molar-refractivity contribution in [3.8, 4) is 22.5 Å². The lowest BCUT2D eigenvalue weighted by molar-refractivity contribution is 1.16. The molecule has 0 aliphatic carbocycles. The van der Waals surface area contributed by atoms with Crippen molar-refractivity contribution in [2.75, 3.05) is 0 Å². The van der Waals surface area contributed by atoms with Crippen LogP contribution in [0.15, 0.2) is 169 Å². The maximum atomic E-state index is 10.2. The van der Waals surface area contributed by atoms with E-state index in [1.807, 2.05) is 42.5 Å². The summed E-state index contributed by atoms with van der Waals surface area (Å²) in [6, 6.07) is 4.86. The predicted molar refractivity (Wildman–Crippen MR) is 220 cm³/mol. The first-order valence-corrected chi connectivity index (χ1v) is 16.5. The summed E-state index contributed by atoms with van der Waals surface area (Å²) in [5.74, 6) is 0. The van der Waals surface area contributed by atoms with Crippen molar-refractivity contribution in [2.45, 2.75) is 6.92 Å². The third kappa shape index (κ3) is 3.59. The van der Waals surface area contributed by atoms with Crippen LogP contribution in [-0.2, 0) is 0 Å². The fourth-order valence-electron chi connectivity index (χ4n) is 7.76. The Morgan fingerprint density at radius 2 is 1.00 bits per heavy atom. The van der Waals surface area contributed by atoms with Gasteiger partial charge in [0.2, 0.25) is 0 Å². The molecule has 0 unspecified atom stereocenters. The molecule has 0 saturated carbocycles.